The first-order valence-corrected chi connectivity index (χ1v) is 18.6. The number of benzene rings is 1. The quantitative estimate of drug-likeness (QED) is 0.263. The molecule has 2 amide bonds. The molecule has 0 saturated carbocycles. The normalized spacial score (nSPS) is 34.5. The van der Waals surface area contributed by atoms with Gasteiger partial charge in [-0.2, -0.15) is 0 Å². The second-order valence-electron chi connectivity index (χ2n) is 14.6. The summed E-state index contributed by atoms with van der Waals surface area (Å²) in [5.74, 6) is -3.45. The van der Waals surface area contributed by atoms with E-state index in [4.69, 9.17) is 14.2 Å². The van der Waals surface area contributed by atoms with Crippen LogP contribution in [0.5, 0.6) is 0 Å². The Bertz CT molecular complexity index is 1420. The van der Waals surface area contributed by atoms with E-state index in [9.17, 15) is 24.3 Å². The van der Waals surface area contributed by atoms with Gasteiger partial charge in [0.25, 0.3) is 11.7 Å². The Morgan fingerprint density at radius 2 is 1.71 bits per heavy atom. The van der Waals surface area contributed by atoms with Crippen molar-refractivity contribution in [1.82, 2.24) is 10.2 Å². The lowest BCUT2D eigenvalue weighted by Crippen LogP contribution is -2.60. The number of likely N-dealkylation sites (tertiary alicyclic amines) is 1. The third-order valence-electron chi connectivity index (χ3n) is 10.7. The number of aliphatic hydroxyl groups is 1. The zero-order valence-electron chi connectivity index (χ0n) is 31.2. The summed E-state index contributed by atoms with van der Waals surface area (Å²) < 4.78 is 18.5. The van der Waals surface area contributed by atoms with E-state index in [-0.39, 0.29) is 30.1 Å². The van der Waals surface area contributed by atoms with Crippen LogP contribution in [0, 0.1) is 23.7 Å². The van der Waals surface area contributed by atoms with Crippen LogP contribution in [0.3, 0.4) is 0 Å². The van der Waals surface area contributed by atoms with Gasteiger partial charge in [-0.1, -0.05) is 81.5 Å². The second kappa shape index (κ2) is 19.4. The summed E-state index contributed by atoms with van der Waals surface area (Å²) in [6.45, 7) is 8.38. The number of nitrogens with zero attached hydrogens (tertiary/aromatic N) is 1. The fraction of sp³-hybridized carbons (Fsp3) is 0.610. The first-order chi connectivity index (χ1) is 24.5. The largest absolute Gasteiger partial charge is 0.390 e. The molecule has 0 radical (unpaired) electrons. The molecule has 1 aromatic rings. The van der Waals surface area contributed by atoms with Crippen molar-refractivity contribution in [3.63, 3.8) is 0 Å². The van der Waals surface area contributed by atoms with E-state index in [1.54, 1.807) is 7.11 Å². The average molecular weight is 707 g/mol. The van der Waals surface area contributed by atoms with Gasteiger partial charge >= 0.3 is 0 Å². The number of nitrogens with one attached hydrogen (secondary N) is 1. The molecular weight excluding hydrogens is 648 g/mol. The number of hydrogen-bond acceptors (Lipinski definition) is 8. The van der Waals surface area contributed by atoms with Gasteiger partial charge in [-0.05, 0) is 74.8 Å². The van der Waals surface area contributed by atoms with E-state index in [1.807, 2.05) is 75.4 Å². The number of piperidine rings is 1. The SMILES string of the molecule is COC1C(=O)[C@H](C)C[C@@H](C)\C=C/C=C\C=C(\C)[C@H](OC)C1[C@@H]1CC(C)[C@@H](O)[C@H](C(=O)C(=O)N2CCCCC2C(=O)NCCCc2ccccc2)O1. The van der Waals surface area contributed by atoms with Crippen molar-refractivity contribution < 1.29 is 38.5 Å². The van der Waals surface area contributed by atoms with Gasteiger partial charge < -0.3 is 29.5 Å². The maximum Gasteiger partial charge on any atom is 0.293 e. The number of aryl methyl sites for hydroxylation is 1. The van der Waals surface area contributed by atoms with Crippen LogP contribution in [0.1, 0.15) is 71.8 Å². The van der Waals surface area contributed by atoms with Crippen LogP contribution in [0.4, 0.5) is 0 Å². The summed E-state index contributed by atoms with van der Waals surface area (Å²) in [5, 5.41) is 14.3. The number of carbonyl (C=O) groups excluding carboxylic acids is 4. The highest BCUT2D eigenvalue weighted by molar-refractivity contribution is 6.38. The third-order valence-corrected chi connectivity index (χ3v) is 10.7. The van der Waals surface area contributed by atoms with Crippen LogP contribution in [0.25, 0.3) is 0 Å². The number of aliphatic hydroxyl groups excluding tert-OH is 1. The molecule has 3 aliphatic rings. The summed E-state index contributed by atoms with van der Waals surface area (Å²) in [6.07, 6.45) is 9.07. The molecular formula is C41H58N2O8. The highest BCUT2D eigenvalue weighted by Crippen LogP contribution is 2.38. The van der Waals surface area contributed by atoms with Crippen molar-refractivity contribution in [3.05, 3.63) is 71.8 Å². The highest BCUT2D eigenvalue weighted by Gasteiger charge is 2.51. The lowest BCUT2D eigenvalue weighted by atomic mass is 9.75. The minimum Gasteiger partial charge on any atom is -0.390 e. The minimum atomic E-state index is -1.48. The molecule has 10 nitrogen and oxygen atoms in total. The zero-order chi connectivity index (χ0) is 37.1. The number of hydrogen-bond donors (Lipinski definition) is 2. The van der Waals surface area contributed by atoms with Crippen LogP contribution in [0.15, 0.2) is 66.3 Å². The number of carbonyl (C=O) groups is 4. The van der Waals surface area contributed by atoms with E-state index in [1.165, 1.54) is 17.6 Å². The highest BCUT2D eigenvalue weighted by atomic mass is 16.5. The summed E-state index contributed by atoms with van der Waals surface area (Å²) in [7, 11) is 3.06. The fourth-order valence-electron chi connectivity index (χ4n) is 7.88. The first kappa shape index (κ1) is 40.3. The van der Waals surface area contributed by atoms with Crippen molar-refractivity contribution in [1.29, 1.82) is 0 Å². The molecule has 1 aliphatic carbocycles. The molecule has 2 saturated heterocycles. The third kappa shape index (κ3) is 10.3. The molecule has 2 aliphatic heterocycles. The Morgan fingerprint density at radius 3 is 2.41 bits per heavy atom. The van der Waals surface area contributed by atoms with Gasteiger partial charge in [0.2, 0.25) is 5.91 Å². The Kier molecular flexibility index (Phi) is 15.4. The topological polar surface area (TPSA) is 131 Å². The molecule has 2 heterocycles. The monoisotopic (exact) mass is 706 g/mol. The maximum atomic E-state index is 14.1. The molecule has 10 heteroatoms. The number of rotatable bonds is 10. The number of amides is 2. The lowest BCUT2D eigenvalue weighted by Gasteiger charge is -2.45. The van der Waals surface area contributed by atoms with Crippen LogP contribution in [-0.2, 0) is 39.8 Å². The lowest BCUT2D eigenvalue weighted by molar-refractivity contribution is -0.195. The van der Waals surface area contributed by atoms with Crippen LogP contribution in [-0.4, -0.2) is 97.3 Å². The van der Waals surface area contributed by atoms with Gasteiger partial charge in [-0.15, -0.1) is 0 Å². The summed E-state index contributed by atoms with van der Waals surface area (Å²) in [4.78, 5) is 56.8. The van der Waals surface area contributed by atoms with E-state index < -0.39 is 60.1 Å². The van der Waals surface area contributed by atoms with Crippen molar-refractivity contribution in [2.45, 2.75) is 109 Å². The smallest absolute Gasteiger partial charge is 0.293 e. The van der Waals surface area contributed by atoms with E-state index in [2.05, 4.69) is 18.3 Å². The van der Waals surface area contributed by atoms with Gasteiger partial charge in [0, 0.05) is 39.1 Å². The Labute approximate surface area is 303 Å². The van der Waals surface area contributed by atoms with E-state index in [0.717, 1.165) is 24.8 Å². The Balaban J connectivity index is 1.56. The van der Waals surface area contributed by atoms with E-state index in [0.29, 0.717) is 32.2 Å². The number of Topliss-reactive ketones (excluding diaryl/α,β-unsaturated/α-hetero) is 2. The number of ether oxygens (including phenoxy) is 3. The summed E-state index contributed by atoms with van der Waals surface area (Å²) in [5.41, 5.74) is 2.01. The maximum absolute atomic E-state index is 14.1. The van der Waals surface area contributed by atoms with Crippen molar-refractivity contribution in [2.75, 3.05) is 27.3 Å². The van der Waals surface area contributed by atoms with Gasteiger partial charge in [0.15, 0.2) is 11.9 Å². The predicted molar refractivity (Wildman–Crippen MR) is 196 cm³/mol. The Hall–Kier alpha value is -3.44. The fourth-order valence-corrected chi connectivity index (χ4v) is 7.88. The Morgan fingerprint density at radius 1 is 0.980 bits per heavy atom. The summed E-state index contributed by atoms with van der Waals surface area (Å²) in [6, 6.07) is 9.23. The first-order valence-electron chi connectivity index (χ1n) is 18.6. The van der Waals surface area contributed by atoms with Gasteiger partial charge in [-0.25, -0.2) is 0 Å². The molecule has 0 spiro atoms. The van der Waals surface area contributed by atoms with Crippen molar-refractivity contribution in [3.8, 4) is 0 Å². The van der Waals surface area contributed by atoms with Crippen LogP contribution in [0.2, 0.25) is 0 Å². The van der Waals surface area contributed by atoms with Gasteiger partial charge in [0.05, 0.1) is 18.3 Å². The van der Waals surface area contributed by atoms with Gasteiger partial charge in [0.1, 0.15) is 12.1 Å². The molecule has 1 aromatic carbocycles. The van der Waals surface area contributed by atoms with Crippen molar-refractivity contribution >= 4 is 23.4 Å². The van der Waals surface area contributed by atoms with Crippen LogP contribution >= 0.6 is 0 Å². The van der Waals surface area contributed by atoms with Crippen molar-refractivity contribution in [2.24, 2.45) is 23.7 Å². The van der Waals surface area contributed by atoms with Crippen LogP contribution < -0.4 is 5.32 Å². The zero-order valence-corrected chi connectivity index (χ0v) is 31.2. The number of ketones is 2. The van der Waals surface area contributed by atoms with E-state index >= 15 is 0 Å². The molecule has 2 fully saturated rings. The van der Waals surface area contributed by atoms with Gasteiger partial charge in [-0.3, -0.25) is 19.2 Å². The number of allylic oxidation sites excluding steroid dienone is 5. The standard InChI is InChI=1S/C41H58N2O8/c1-26-16-9-7-10-17-27(2)37(49-5)33(38(50-6)34(44)28(3)24-26)32-25-29(4)35(45)39(51-32)36(46)41(48)43-23-14-13-21-31(43)40(47)42-22-15-20-30-18-11-8-12-19-30/h7-12,16-19,26,28-29,31-33,35,37-39,45H,13-15,20-25H2,1-6H3,(H,42,47)/b10-7-,16-9-,27-17-/t26-,28+,29?,31?,32-,33?,35+,37-,38?,39+/m0/s1. The molecule has 51 heavy (non-hydrogen) atoms. The summed E-state index contributed by atoms with van der Waals surface area (Å²) >= 11 is 0. The molecule has 0 aromatic heterocycles. The molecule has 4 unspecified atom stereocenters. The molecule has 4 rings (SSSR count). The number of methoxy groups -OCH3 is 2. The predicted octanol–water partition coefficient (Wildman–Crippen LogP) is 4.79. The average Bonchev–Trinajstić information content (AvgIpc) is 3.14. The minimum absolute atomic E-state index is 0.0999. The molecule has 280 valence electrons. The molecule has 10 atom stereocenters. The molecule has 2 N–H and O–H groups in total. The second-order valence-corrected chi connectivity index (χ2v) is 14.6. The molecule has 0 bridgehead atoms.